The largest absolute Gasteiger partial charge is 0.354 e. The average molecular weight is 195 g/mol. The number of amides is 1. The van der Waals surface area contributed by atoms with Crippen LogP contribution in [0.15, 0.2) is 18.5 Å². The Bertz CT molecular complexity index is 280. The van der Waals surface area contributed by atoms with Crippen LogP contribution in [0.25, 0.3) is 0 Å². The summed E-state index contributed by atoms with van der Waals surface area (Å²) in [5.74, 6) is 0.492. The van der Waals surface area contributed by atoms with E-state index in [0.717, 1.165) is 0 Å². The summed E-state index contributed by atoms with van der Waals surface area (Å²) in [5, 5.41) is 6.89. The van der Waals surface area contributed by atoms with Crippen molar-refractivity contribution >= 4 is 5.91 Å². The fraction of sp³-hybridized carbons (Fsp3) is 0.600. The monoisotopic (exact) mass is 195 g/mol. The van der Waals surface area contributed by atoms with E-state index < -0.39 is 0 Å². The van der Waals surface area contributed by atoms with Gasteiger partial charge in [0.2, 0.25) is 5.91 Å². The Kier molecular flexibility index (Phi) is 3.68. The molecule has 1 heterocycles. The Labute approximate surface area is 84.3 Å². The molecule has 0 bridgehead atoms. The Balaban J connectivity index is 2.45. The molecular weight excluding hydrogens is 178 g/mol. The van der Waals surface area contributed by atoms with Gasteiger partial charge in [-0.05, 0) is 18.9 Å². The van der Waals surface area contributed by atoms with E-state index in [1.807, 2.05) is 13.0 Å². The highest BCUT2D eigenvalue weighted by atomic mass is 16.2. The van der Waals surface area contributed by atoms with Crippen LogP contribution in [0.3, 0.4) is 0 Å². The molecule has 1 amide bonds. The molecule has 0 saturated heterocycles. The minimum Gasteiger partial charge on any atom is -0.354 e. The number of carbonyl (C=O) groups excluding carboxylic acids is 1. The van der Waals surface area contributed by atoms with Gasteiger partial charge in [-0.2, -0.15) is 5.10 Å². The van der Waals surface area contributed by atoms with E-state index in [9.17, 15) is 4.79 Å². The number of hydrogen-bond donors (Lipinski definition) is 1. The fourth-order valence-corrected chi connectivity index (χ4v) is 1.08. The maximum atomic E-state index is 11.6. The zero-order valence-electron chi connectivity index (χ0n) is 8.90. The number of hydrogen-bond acceptors (Lipinski definition) is 2. The van der Waals surface area contributed by atoms with Gasteiger partial charge in [0, 0.05) is 18.9 Å². The number of rotatable bonds is 4. The van der Waals surface area contributed by atoms with E-state index in [0.29, 0.717) is 12.5 Å². The van der Waals surface area contributed by atoms with Crippen molar-refractivity contribution in [3.63, 3.8) is 0 Å². The molecule has 1 atom stereocenters. The molecule has 4 heteroatoms. The first-order valence-corrected chi connectivity index (χ1v) is 4.88. The number of carbonyl (C=O) groups is 1. The van der Waals surface area contributed by atoms with Crippen molar-refractivity contribution in [2.45, 2.75) is 26.8 Å². The van der Waals surface area contributed by atoms with Gasteiger partial charge in [0.1, 0.15) is 6.04 Å². The SMILES string of the molecule is CC(C)CNC(=O)C(C)n1cccn1. The van der Waals surface area contributed by atoms with Crippen LogP contribution in [-0.4, -0.2) is 22.2 Å². The van der Waals surface area contributed by atoms with Crippen molar-refractivity contribution in [2.24, 2.45) is 5.92 Å². The van der Waals surface area contributed by atoms with Crippen molar-refractivity contribution in [3.05, 3.63) is 18.5 Å². The Morgan fingerprint density at radius 2 is 2.21 bits per heavy atom. The van der Waals surface area contributed by atoms with Crippen LogP contribution in [0.5, 0.6) is 0 Å². The Morgan fingerprint density at radius 3 is 2.71 bits per heavy atom. The third-order valence-corrected chi connectivity index (χ3v) is 1.99. The van der Waals surface area contributed by atoms with Gasteiger partial charge in [0.15, 0.2) is 0 Å². The van der Waals surface area contributed by atoms with Crippen LogP contribution < -0.4 is 5.32 Å². The summed E-state index contributed by atoms with van der Waals surface area (Å²) in [4.78, 5) is 11.6. The molecule has 0 saturated carbocycles. The van der Waals surface area contributed by atoms with Gasteiger partial charge in [-0.3, -0.25) is 9.48 Å². The van der Waals surface area contributed by atoms with Gasteiger partial charge in [-0.25, -0.2) is 0 Å². The second kappa shape index (κ2) is 4.79. The lowest BCUT2D eigenvalue weighted by Crippen LogP contribution is -2.33. The van der Waals surface area contributed by atoms with E-state index >= 15 is 0 Å². The minimum absolute atomic E-state index is 0.0161. The van der Waals surface area contributed by atoms with Crippen molar-refractivity contribution in [1.29, 1.82) is 0 Å². The summed E-state index contributed by atoms with van der Waals surface area (Å²) in [7, 11) is 0. The van der Waals surface area contributed by atoms with Crippen molar-refractivity contribution < 1.29 is 4.79 Å². The van der Waals surface area contributed by atoms with E-state index in [2.05, 4.69) is 24.3 Å². The van der Waals surface area contributed by atoms with Crippen LogP contribution in [0.1, 0.15) is 26.8 Å². The first-order valence-electron chi connectivity index (χ1n) is 4.88. The summed E-state index contributed by atoms with van der Waals surface area (Å²) < 4.78 is 1.65. The van der Waals surface area contributed by atoms with Gasteiger partial charge in [0.25, 0.3) is 0 Å². The lowest BCUT2D eigenvalue weighted by atomic mass is 10.2. The zero-order chi connectivity index (χ0) is 10.6. The molecule has 1 unspecified atom stereocenters. The molecule has 1 aromatic heterocycles. The summed E-state index contributed by atoms with van der Waals surface area (Å²) in [5.41, 5.74) is 0. The highest BCUT2D eigenvalue weighted by molar-refractivity contribution is 5.79. The van der Waals surface area contributed by atoms with Gasteiger partial charge in [0.05, 0.1) is 0 Å². The molecule has 4 nitrogen and oxygen atoms in total. The Morgan fingerprint density at radius 1 is 1.50 bits per heavy atom. The van der Waals surface area contributed by atoms with Crippen LogP contribution in [0.2, 0.25) is 0 Å². The molecule has 0 aliphatic rings. The third kappa shape index (κ3) is 2.87. The molecule has 0 spiro atoms. The number of nitrogens with zero attached hydrogens (tertiary/aromatic N) is 2. The lowest BCUT2D eigenvalue weighted by molar-refractivity contribution is -0.124. The van der Waals surface area contributed by atoms with Crippen LogP contribution in [-0.2, 0) is 4.79 Å². The predicted octanol–water partition coefficient (Wildman–Crippen LogP) is 1.22. The molecular formula is C10H17N3O. The van der Waals surface area contributed by atoms with Crippen molar-refractivity contribution in [3.8, 4) is 0 Å². The van der Waals surface area contributed by atoms with E-state index in [1.54, 1.807) is 17.1 Å². The predicted molar refractivity (Wildman–Crippen MR) is 54.8 cm³/mol. The Hall–Kier alpha value is -1.32. The van der Waals surface area contributed by atoms with Gasteiger partial charge in [-0.1, -0.05) is 13.8 Å². The normalized spacial score (nSPS) is 12.9. The molecule has 0 radical (unpaired) electrons. The lowest BCUT2D eigenvalue weighted by Gasteiger charge is -2.13. The van der Waals surface area contributed by atoms with Crippen molar-refractivity contribution in [2.75, 3.05) is 6.54 Å². The summed E-state index contributed by atoms with van der Waals surface area (Å²) in [6, 6.07) is 1.58. The molecule has 1 N–H and O–H groups in total. The molecule has 0 aliphatic heterocycles. The van der Waals surface area contributed by atoms with Crippen LogP contribution >= 0.6 is 0 Å². The summed E-state index contributed by atoms with van der Waals surface area (Å²) >= 11 is 0. The molecule has 1 aromatic rings. The quantitative estimate of drug-likeness (QED) is 0.785. The van der Waals surface area contributed by atoms with Gasteiger partial charge >= 0.3 is 0 Å². The van der Waals surface area contributed by atoms with E-state index in [-0.39, 0.29) is 11.9 Å². The number of nitrogens with one attached hydrogen (secondary N) is 1. The molecule has 78 valence electrons. The zero-order valence-corrected chi connectivity index (χ0v) is 8.90. The molecule has 1 rings (SSSR count). The van der Waals surface area contributed by atoms with Crippen LogP contribution in [0.4, 0.5) is 0 Å². The first kappa shape index (κ1) is 10.8. The highest BCUT2D eigenvalue weighted by Crippen LogP contribution is 2.02. The average Bonchev–Trinajstić information content (AvgIpc) is 2.65. The standard InChI is InChI=1S/C10H17N3O/c1-8(2)7-11-10(14)9(3)13-6-4-5-12-13/h4-6,8-9H,7H2,1-3H3,(H,11,14). The minimum atomic E-state index is -0.233. The summed E-state index contributed by atoms with van der Waals surface area (Å²) in [6.07, 6.45) is 3.46. The third-order valence-electron chi connectivity index (χ3n) is 1.99. The molecule has 14 heavy (non-hydrogen) atoms. The number of aromatic nitrogens is 2. The fourth-order valence-electron chi connectivity index (χ4n) is 1.08. The second-order valence-electron chi connectivity index (χ2n) is 3.80. The molecule has 0 aromatic carbocycles. The van der Waals surface area contributed by atoms with Gasteiger partial charge < -0.3 is 5.32 Å². The van der Waals surface area contributed by atoms with E-state index in [4.69, 9.17) is 0 Å². The van der Waals surface area contributed by atoms with Gasteiger partial charge in [-0.15, -0.1) is 0 Å². The second-order valence-corrected chi connectivity index (χ2v) is 3.80. The maximum Gasteiger partial charge on any atom is 0.244 e. The summed E-state index contributed by atoms with van der Waals surface area (Å²) in [6.45, 7) is 6.69. The van der Waals surface area contributed by atoms with Crippen molar-refractivity contribution in [1.82, 2.24) is 15.1 Å². The highest BCUT2D eigenvalue weighted by Gasteiger charge is 2.14. The topological polar surface area (TPSA) is 46.9 Å². The molecule has 0 fully saturated rings. The smallest absolute Gasteiger partial charge is 0.244 e. The van der Waals surface area contributed by atoms with Crippen LogP contribution in [0, 0.1) is 5.92 Å². The maximum absolute atomic E-state index is 11.6. The van der Waals surface area contributed by atoms with E-state index in [1.165, 1.54) is 0 Å². The molecule has 0 aliphatic carbocycles. The first-order chi connectivity index (χ1) is 6.61.